The minimum Gasteiger partial charge on any atom is -0.348 e. The Bertz CT molecular complexity index is 752. The lowest BCUT2D eigenvalue weighted by atomic mass is 9.86. The second-order valence-corrected chi connectivity index (χ2v) is 7.30. The Balaban J connectivity index is 1.54. The number of hydrogen-bond donors (Lipinski definition) is 2. The first kappa shape index (κ1) is 19.2. The van der Waals surface area contributed by atoms with E-state index in [4.69, 9.17) is 0 Å². The average molecular weight is 364 g/mol. The predicted octanol–water partition coefficient (Wildman–Crippen LogP) is 4.92. The molecule has 27 heavy (non-hydrogen) atoms. The van der Waals surface area contributed by atoms with Crippen molar-refractivity contribution in [3.63, 3.8) is 0 Å². The predicted molar refractivity (Wildman–Crippen MR) is 108 cm³/mol. The van der Waals surface area contributed by atoms with E-state index >= 15 is 0 Å². The van der Waals surface area contributed by atoms with E-state index in [1.54, 1.807) is 12.1 Å². The Morgan fingerprint density at radius 3 is 2.37 bits per heavy atom. The van der Waals surface area contributed by atoms with E-state index in [0.717, 1.165) is 12.0 Å². The first-order valence-corrected chi connectivity index (χ1v) is 9.93. The van der Waals surface area contributed by atoms with Gasteiger partial charge in [0.2, 0.25) is 5.91 Å². The van der Waals surface area contributed by atoms with Crippen molar-refractivity contribution in [1.29, 1.82) is 0 Å². The summed E-state index contributed by atoms with van der Waals surface area (Å²) in [6.45, 7) is 0.462. The third-order valence-corrected chi connectivity index (χ3v) is 5.25. The summed E-state index contributed by atoms with van der Waals surface area (Å²) in [5.74, 6) is 0.486. The van der Waals surface area contributed by atoms with Crippen LogP contribution in [0.5, 0.6) is 0 Å². The number of hydrogen-bond acceptors (Lipinski definition) is 2. The van der Waals surface area contributed by atoms with E-state index in [1.165, 1.54) is 32.1 Å². The van der Waals surface area contributed by atoms with Crippen LogP contribution in [0, 0.1) is 5.92 Å². The van der Waals surface area contributed by atoms with Crippen LogP contribution < -0.4 is 10.6 Å². The zero-order valence-electron chi connectivity index (χ0n) is 15.7. The molecule has 0 radical (unpaired) electrons. The van der Waals surface area contributed by atoms with Gasteiger partial charge in [0, 0.05) is 13.0 Å². The fraction of sp³-hybridized carbons (Fsp3) is 0.391. The van der Waals surface area contributed by atoms with Gasteiger partial charge in [-0.15, -0.1) is 0 Å². The lowest BCUT2D eigenvalue weighted by Crippen LogP contribution is -2.25. The summed E-state index contributed by atoms with van der Waals surface area (Å²) in [5.41, 5.74) is 2.12. The summed E-state index contributed by atoms with van der Waals surface area (Å²) in [6.07, 6.45) is 7.85. The van der Waals surface area contributed by atoms with Gasteiger partial charge in [0.05, 0.1) is 11.3 Å². The topological polar surface area (TPSA) is 58.2 Å². The van der Waals surface area contributed by atoms with Crippen molar-refractivity contribution in [2.45, 2.75) is 51.5 Å². The SMILES string of the molecule is O=C(CCC1CCCCC1)Nc1ccccc1C(=O)NCc1ccccc1. The number of rotatable bonds is 7. The Morgan fingerprint density at radius 1 is 0.889 bits per heavy atom. The molecule has 0 aliphatic heterocycles. The largest absolute Gasteiger partial charge is 0.348 e. The van der Waals surface area contributed by atoms with Gasteiger partial charge in [-0.25, -0.2) is 0 Å². The highest BCUT2D eigenvalue weighted by Gasteiger charge is 2.16. The maximum atomic E-state index is 12.6. The number of anilines is 1. The van der Waals surface area contributed by atoms with E-state index in [1.807, 2.05) is 42.5 Å². The molecule has 1 aliphatic carbocycles. The highest BCUT2D eigenvalue weighted by atomic mass is 16.2. The lowest BCUT2D eigenvalue weighted by molar-refractivity contribution is -0.116. The number of benzene rings is 2. The molecule has 0 aromatic heterocycles. The second-order valence-electron chi connectivity index (χ2n) is 7.30. The molecule has 0 saturated heterocycles. The zero-order valence-corrected chi connectivity index (χ0v) is 15.7. The number of nitrogens with one attached hydrogen (secondary N) is 2. The van der Waals surface area contributed by atoms with Crippen LogP contribution >= 0.6 is 0 Å². The normalized spacial score (nSPS) is 14.5. The lowest BCUT2D eigenvalue weighted by Gasteiger charge is -2.21. The number of para-hydroxylation sites is 1. The molecule has 0 unspecified atom stereocenters. The van der Waals surface area contributed by atoms with Crippen molar-refractivity contribution in [3.8, 4) is 0 Å². The van der Waals surface area contributed by atoms with Crippen molar-refractivity contribution < 1.29 is 9.59 Å². The number of carbonyl (C=O) groups is 2. The molecule has 142 valence electrons. The highest BCUT2D eigenvalue weighted by Crippen LogP contribution is 2.27. The van der Waals surface area contributed by atoms with Crippen LogP contribution in [0.4, 0.5) is 5.69 Å². The molecule has 1 saturated carbocycles. The Morgan fingerprint density at radius 2 is 1.59 bits per heavy atom. The summed E-state index contributed by atoms with van der Waals surface area (Å²) < 4.78 is 0. The van der Waals surface area contributed by atoms with Crippen LogP contribution in [0.15, 0.2) is 54.6 Å². The Hall–Kier alpha value is -2.62. The quantitative estimate of drug-likeness (QED) is 0.733. The smallest absolute Gasteiger partial charge is 0.253 e. The summed E-state index contributed by atoms with van der Waals surface area (Å²) in [6, 6.07) is 17.0. The van der Waals surface area contributed by atoms with Crippen LogP contribution in [0.1, 0.15) is 60.9 Å². The second kappa shape index (κ2) is 9.91. The molecule has 2 aromatic carbocycles. The first-order chi connectivity index (χ1) is 13.2. The standard InChI is InChI=1S/C23H28N2O2/c26-22(16-15-18-9-3-1-4-10-18)25-21-14-8-7-13-20(21)23(27)24-17-19-11-5-2-6-12-19/h2,5-8,11-14,18H,1,3-4,9-10,15-17H2,(H,24,27)(H,25,26). The molecule has 3 rings (SSSR count). The third-order valence-electron chi connectivity index (χ3n) is 5.25. The molecule has 4 heteroatoms. The summed E-state index contributed by atoms with van der Waals surface area (Å²) in [5, 5.41) is 5.85. The average Bonchev–Trinajstić information content (AvgIpc) is 2.72. The van der Waals surface area contributed by atoms with Gasteiger partial charge in [0.25, 0.3) is 5.91 Å². The molecule has 1 fully saturated rings. The summed E-state index contributed by atoms with van der Waals surface area (Å²) >= 11 is 0. The van der Waals surface area contributed by atoms with Gasteiger partial charge in [-0.1, -0.05) is 74.6 Å². The number of amides is 2. The summed E-state index contributed by atoms with van der Waals surface area (Å²) in [7, 11) is 0. The molecule has 1 aliphatic rings. The Kier molecular flexibility index (Phi) is 7.03. The Labute approximate surface area is 161 Å². The molecule has 4 nitrogen and oxygen atoms in total. The highest BCUT2D eigenvalue weighted by molar-refractivity contribution is 6.03. The van der Waals surface area contributed by atoms with Crippen molar-refractivity contribution in [2.75, 3.05) is 5.32 Å². The van der Waals surface area contributed by atoms with Gasteiger partial charge in [0.1, 0.15) is 0 Å². The van der Waals surface area contributed by atoms with Crippen molar-refractivity contribution in [1.82, 2.24) is 5.32 Å². The molecule has 0 atom stereocenters. The minimum atomic E-state index is -0.179. The maximum Gasteiger partial charge on any atom is 0.253 e. The first-order valence-electron chi connectivity index (χ1n) is 9.93. The minimum absolute atomic E-state index is 0.0103. The van der Waals surface area contributed by atoms with E-state index in [2.05, 4.69) is 10.6 Å². The number of carbonyl (C=O) groups excluding carboxylic acids is 2. The monoisotopic (exact) mass is 364 g/mol. The zero-order chi connectivity index (χ0) is 18.9. The third kappa shape index (κ3) is 5.95. The molecule has 0 bridgehead atoms. The van der Waals surface area contributed by atoms with E-state index < -0.39 is 0 Å². The molecule has 0 heterocycles. The molecular formula is C23H28N2O2. The van der Waals surface area contributed by atoms with E-state index in [-0.39, 0.29) is 11.8 Å². The van der Waals surface area contributed by atoms with Gasteiger partial charge in [-0.3, -0.25) is 9.59 Å². The van der Waals surface area contributed by atoms with Crippen LogP contribution in [-0.2, 0) is 11.3 Å². The van der Waals surface area contributed by atoms with Gasteiger partial charge in [-0.2, -0.15) is 0 Å². The van der Waals surface area contributed by atoms with Crippen LogP contribution in [-0.4, -0.2) is 11.8 Å². The molecular weight excluding hydrogens is 336 g/mol. The fourth-order valence-electron chi connectivity index (χ4n) is 3.69. The van der Waals surface area contributed by atoms with Crippen molar-refractivity contribution in [2.24, 2.45) is 5.92 Å². The van der Waals surface area contributed by atoms with Crippen LogP contribution in [0.3, 0.4) is 0 Å². The molecule has 2 aromatic rings. The van der Waals surface area contributed by atoms with Crippen molar-refractivity contribution in [3.05, 3.63) is 65.7 Å². The fourth-order valence-corrected chi connectivity index (χ4v) is 3.69. The van der Waals surface area contributed by atoms with E-state index in [9.17, 15) is 9.59 Å². The van der Waals surface area contributed by atoms with Gasteiger partial charge in [0.15, 0.2) is 0 Å². The van der Waals surface area contributed by atoms with Crippen molar-refractivity contribution >= 4 is 17.5 Å². The van der Waals surface area contributed by atoms with Crippen LogP contribution in [0.25, 0.3) is 0 Å². The molecule has 0 spiro atoms. The molecule has 2 amide bonds. The molecule has 2 N–H and O–H groups in total. The van der Waals surface area contributed by atoms with Gasteiger partial charge < -0.3 is 10.6 Å². The van der Waals surface area contributed by atoms with Gasteiger partial charge >= 0.3 is 0 Å². The van der Waals surface area contributed by atoms with Crippen LogP contribution in [0.2, 0.25) is 0 Å². The van der Waals surface area contributed by atoms with E-state index in [0.29, 0.717) is 30.1 Å². The maximum absolute atomic E-state index is 12.6. The van der Waals surface area contributed by atoms with Gasteiger partial charge in [-0.05, 0) is 30.0 Å². The summed E-state index contributed by atoms with van der Waals surface area (Å²) in [4.78, 5) is 24.9.